The highest BCUT2D eigenvalue weighted by Gasteiger charge is 2.35. The van der Waals surface area contributed by atoms with Crippen LogP contribution in [0.15, 0.2) is 55.8 Å². The minimum atomic E-state index is -0.678. The van der Waals surface area contributed by atoms with Crippen molar-refractivity contribution in [3.8, 4) is 6.07 Å². The lowest BCUT2D eigenvalue weighted by molar-refractivity contribution is -0.122. The zero-order chi connectivity index (χ0) is 22.9. The number of carbonyl (C=O) groups is 2. The Balaban J connectivity index is 1.70. The molecule has 8 nitrogen and oxygen atoms in total. The van der Waals surface area contributed by atoms with E-state index in [9.17, 15) is 14.4 Å². The van der Waals surface area contributed by atoms with E-state index in [4.69, 9.17) is 14.1 Å². The van der Waals surface area contributed by atoms with Crippen molar-refractivity contribution < 1.29 is 18.4 Å². The molecule has 1 fully saturated rings. The molecule has 0 aliphatic carbocycles. The molecule has 2 aromatic rings. The molecule has 2 aromatic heterocycles. The molecule has 0 aromatic carbocycles. The number of unbranched alkanes of at least 4 members (excludes halogenated alkanes) is 2. The Hall–Kier alpha value is -3.60. The second-order valence-electron chi connectivity index (χ2n) is 7.84. The van der Waals surface area contributed by atoms with Gasteiger partial charge in [-0.15, -0.1) is 0 Å². The fourth-order valence-corrected chi connectivity index (χ4v) is 3.78. The predicted molar refractivity (Wildman–Crippen MR) is 117 cm³/mol. The average molecular weight is 437 g/mol. The first-order chi connectivity index (χ1) is 15.5. The summed E-state index contributed by atoms with van der Waals surface area (Å²) in [5.74, 6) is 0.435. The molecule has 8 heteroatoms. The predicted octanol–water partition coefficient (Wildman–Crippen LogP) is 3.34. The minimum absolute atomic E-state index is 0.0512. The number of nitrogens with zero attached hydrogens (tertiary/aromatic N) is 2. The van der Waals surface area contributed by atoms with Crippen LogP contribution in [0, 0.1) is 11.3 Å². The van der Waals surface area contributed by atoms with E-state index in [1.54, 1.807) is 18.2 Å². The summed E-state index contributed by atoms with van der Waals surface area (Å²) in [6.07, 6.45) is 7.02. The Morgan fingerprint density at radius 1 is 1.28 bits per heavy atom. The van der Waals surface area contributed by atoms with Gasteiger partial charge in [0.25, 0.3) is 5.91 Å². The molecule has 0 radical (unpaired) electrons. The van der Waals surface area contributed by atoms with Crippen LogP contribution in [0.2, 0.25) is 0 Å². The zero-order valence-electron chi connectivity index (χ0n) is 18.1. The van der Waals surface area contributed by atoms with Crippen LogP contribution in [0.5, 0.6) is 0 Å². The summed E-state index contributed by atoms with van der Waals surface area (Å²) in [6.45, 7) is 2.54. The number of rotatable bonds is 9. The summed E-state index contributed by atoms with van der Waals surface area (Å²) in [5.41, 5.74) is -0.00330. The number of nitrogens with one attached hydrogen (secondary N) is 1. The molecule has 1 atom stereocenters. The summed E-state index contributed by atoms with van der Waals surface area (Å²) in [6, 6.07) is 8.17. The van der Waals surface area contributed by atoms with Gasteiger partial charge in [0.15, 0.2) is 0 Å². The lowest BCUT2D eigenvalue weighted by atomic mass is 10.1. The topological polar surface area (TPSA) is 117 Å². The van der Waals surface area contributed by atoms with Gasteiger partial charge in [-0.25, -0.2) is 4.79 Å². The molecule has 3 rings (SSSR count). The maximum absolute atomic E-state index is 13.1. The van der Waals surface area contributed by atoms with Crippen molar-refractivity contribution >= 4 is 11.8 Å². The molecular formula is C24H27N3O5. The van der Waals surface area contributed by atoms with E-state index < -0.39 is 17.6 Å². The molecule has 32 heavy (non-hydrogen) atoms. The van der Waals surface area contributed by atoms with E-state index in [0.717, 1.165) is 24.8 Å². The molecule has 2 amide bonds. The van der Waals surface area contributed by atoms with Crippen LogP contribution in [-0.4, -0.2) is 29.3 Å². The quantitative estimate of drug-likeness (QED) is 0.475. The second-order valence-corrected chi connectivity index (χ2v) is 7.84. The molecule has 1 aliphatic heterocycles. The second kappa shape index (κ2) is 11.1. The Bertz CT molecular complexity index is 1060. The van der Waals surface area contributed by atoms with Gasteiger partial charge in [0.05, 0.1) is 18.9 Å². The Kier molecular flexibility index (Phi) is 8.03. The van der Waals surface area contributed by atoms with Crippen molar-refractivity contribution in [2.24, 2.45) is 0 Å². The van der Waals surface area contributed by atoms with Crippen LogP contribution >= 0.6 is 0 Å². The third kappa shape index (κ3) is 5.97. The summed E-state index contributed by atoms with van der Waals surface area (Å²) < 4.78 is 10.6. The Labute approximate surface area is 186 Å². The fourth-order valence-electron chi connectivity index (χ4n) is 3.78. The first kappa shape index (κ1) is 23.1. The van der Waals surface area contributed by atoms with Crippen LogP contribution in [0.3, 0.4) is 0 Å². The van der Waals surface area contributed by atoms with Crippen molar-refractivity contribution in [2.75, 3.05) is 6.54 Å². The lowest BCUT2D eigenvalue weighted by Crippen LogP contribution is -2.40. The number of amides is 2. The van der Waals surface area contributed by atoms with E-state index in [2.05, 4.69) is 12.2 Å². The molecule has 0 unspecified atom stereocenters. The van der Waals surface area contributed by atoms with Crippen molar-refractivity contribution in [3.05, 3.63) is 69.7 Å². The number of furan rings is 1. The fraction of sp³-hybridized carbons (Fsp3) is 0.417. The smallest absolute Gasteiger partial charge is 0.348 e. The molecular weight excluding hydrogens is 410 g/mol. The number of likely N-dealkylation sites (tertiary alicyclic amines) is 1. The normalized spacial score (nSPS) is 16.8. The molecule has 1 N–H and O–H groups in total. The van der Waals surface area contributed by atoms with Gasteiger partial charge in [0.1, 0.15) is 17.1 Å². The van der Waals surface area contributed by atoms with Crippen LogP contribution < -0.4 is 10.9 Å². The summed E-state index contributed by atoms with van der Waals surface area (Å²) in [4.78, 5) is 39.5. The van der Waals surface area contributed by atoms with E-state index >= 15 is 0 Å². The molecule has 168 valence electrons. The molecule has 0 saturated carbocycles. The molecule has 0 bridgehead atoms. The van der Waals surface area contributed by atoms with E-state index in [1.807, 2.05) is 6.07 Å². The van der Waals surface area contributed by atoms with E-state index in [1.165, 1.54) is 23.3 Å². The largest absolute Gasteiger partial charge is 0.467 e. The number of carbonyl (C=O) groups excluding carboxylic acids is 2. The van der Waals surface area contributed by atoms with Gasteiger partial charge in [-0.05, 0) is 42.7 Å². The minimum Gasteiger partial charge on any atom is -0.467 e. The van der Waals surface area contributed by atoms with Gasteiger partial charge < -0.3 is 19.1 Å². The number of hydrogen-bond acceptors (Lipinski definition) is 6. The summed E-state index contributed by atoms with van der Waals surface area (Å²) in [7, 11) is 0. The maximum atomic E-state index is 13.1. The number of hydrogen-bond donors (Lipinski definition) is 1. The van der Waals surface area contributed by atoms with Crippen LogP contribution in [0.1, 0.15) is 60.9 Å². The third-order valence-corrected chi connectivity index (χ3v) is 5.44. The van der Waals surface area contributed by atoms with E-state index in [0.29, 0.717) is 24.4 Å². The van der Waals surface area contributed by atoms with Crippen molar-refractivity contribution in [2.45, 2.75) is 58.0 Å². The van der Waals surface area contributed by atoms with Crippen molar-refractivity contribution in [1.82, 2.24) is 10.2 Å². The molecule has 1 aliphatic rings. The zero-order valence-corrected chi connectivity index (χ0v) is 18.1. The SMILES string of the molecule is CCCCCc1ccc(C(=O)N2CC(=CC#N)C[C@H]2CC(=O)NCc2ccco2)c(=O)o1. The highest BCUT2D eigenvalue weighted by atomic mass is 16.4. The monoisotopic (exact) mass is 437 g/mol. The number of nitriles is 1. The molecule has 0 spiro atoms. The molecule has 3 heterocycles. The van der Waals surface area contributed by atoms with Gasteiger partial charge in [-0.2, -0.15) is 5.26 Å². The third-order valence-electron chi connectivity index (χ3n) is 5.44. The van der Waals surface area contributed by atoms with Crippen LogP contribution in [-0.2, 0) is 17.8 Å². The molecule has 1 saturated heterocycles. The highest BCUT2D eigenvalue weighted by Crippen LogP contribution is 2.26. The van der Waals surface area contributed by atoms with Crippen LogP contribution in [0.25, 0.3) is 0 Å². The van der Waals surface area contributed by atoms with Crippen molar-refractivity contribution in [3.63, 3.8) is 0 Å². The summed E-state index contributed by atoms with van der Waals surface area (Å²) >= 11 is 0. The van der Waals surface area contributed by atoms with Gasteiger partial charge in [0, 0.05) is 31.5 Å². The standard InChI is InChI=1S/C24H27N3O5/c1-2-3-4-6-19-8-9-21(24(30)32-19)23(29)27-16-17(10-11-25)13-18(27)14-22(28)26-15-20-7-5-12-31-20/h5,7-10,12,18H,2-4,6,13-16H2,1H3,(H,26,28)/t18-/m0/s1. The average Bonchev–Trinajstić information content (AvgIpc) is 3.42. The van der Waals surface area contributed by atoms with Crippen molar-refractivity contribution in [1.29, 1.82) is 5.26 Å². The van der Waals surface area contributed by atoms with Gasteiger partial charge in [-0.3, -0.25) is 9.59 Å². The van der Waals surface area contributed by atoms with Gasteiger partial charge >= 0.3 is 5.63 Å². The van der Waals surface area contributed by atoms with Crippen LogP contribution in [0.4, 0.5) is 0 Å². The summed E-state index contributed by atoms with van der Waals surface area (Å²) in [5, 5.41) is 11.8. The number of allylic oxidation sites excluding steroid dienone is 1. The first-order valence-corrected chi connectivity index (χ1v) is 10.8. The van der Waals surface area contributed by atoms with Gasteiger partial charge in [0.2, 0.25) is 5.91 Å². The van der Waals surface area contributed by atoms with E-state index in [-0.39, 0.29) is 31.0 Å². The Morgan fingerprint density at radius 3 is 2.81 bits per heavy atom. The lowest BCUT2D eigenvalue weighted by Gasteiger charge is -2.23. The van der Waals surface area contributed by atoms with Gasteiger partial charge in [-0.1, -0.05) is 19.8 Å². The number of aryl methyl sites for hydroxylation is 1. The first-order valence-electron chi connectivity index (χ1n) is 10.8. The maximum Gasteiger partial charge on any atom is 0.348 e. The highest BCUT2D eigenvalue weighted by molar-refractivity contribution is 5.94. The Morgan fingerprint density at radius 2 is 2.12 bits per heavy atom.